The zero-order valence-electron chi connectivity index (χ0n) is 18.1. The SMILES string of the molecule is CCc1cn(Cc2cn(C)nc2Br)cn1.CCc1cnc[nH]1.Cn1cc(CCl)c(Br)n1. The lowest BCUT2D eigenvalue weighted by atomic mass is 10.3. The van der Waals surface area contributed by atoms with Crippen LogP contribution in [-0.2, 0) is 39.4 Å². The normalized spacial score (nSPS) is 10.3. The molecule has 0 aliphatic heterocycles. The van der Waals surface area contributed by atoms with Crippen molar-refractivity contribution >= 4 is 43.5 Å². The molecule has 8 nitrogen and oxygen atoms in total. The molecule has 0 aliphatic carbocycles. The second kappa shape index (κ2) is 12.8. The number of nitrogens with one attached hydrogen (secondary N) is 1. The number of aromatic nitrogens is 8. The summed E-state index contributed by atoms with van der Waals surface area (Å²) in [7, 11) is 3.78. The Bertz CT molecular complexity index is 1040. The third kappa shape index (κ3) is 8.27. The quantitative estimate of drug-likeness (QED) is 0.345. The number of alkyl halides is 1. The van der Waals surface area contributed by atoms with Crippen molar-refractivity contribution in [1.82, 2.24) is 39.1 Å². The molecular weight excluding hydrogens is 548 g/mol. The molecule has 0 unspecified atom stereocenters. The monoisotopic (exact) mass is 572 g/mol. The number of nitrogens with zero attached hydrogens (tertiary/aromatic N) is 7. The van der Waals surface area contributed by atoms with E-state index in [1.54, 1.807) is 15.7 Å². The van der Waals surface area contributed by atoms with Crippen molar-refractivity contribution in [1.29, 1.82) is 0 Å². The highest BCUT2D eigenvalue weighted by Gasteiger charge is 2.05. The van der Waals surface area contributed by atoms with E-state index in [4.69, 9.17) is 11.6 Å². The summed E-state index contributed by atoms with van der Waals surface area (Å²) in [4.78, 5) is 11.1. The van der Waals surface area contributed by atoms with Gasteiger partial charge in [-0.25, -0.2) is 9.97 Å². The van der Waals surface area contributed by atoms with Crippen molar-refractivity contribution in [3.8, 4) is 0 Å². The molecular formula is C20H27Br2ClN8. The molecule has 4 aromatic heterocycles. The van der Waals surface area contributed by atoms with Crippen LogP contribution in [0.1, 0.15) is 36.4 Å². The Hall–Kier alpha value is -1.91. The topological polar surface area (TPSA) is 82.1 Å². The number of hydrogen-bond acceptors (Lipinski definition) is 4. The van der Waals surface area contributed by atoms with Gasteiger partial charge in [0.15, 0.2) is 0 Å². The van der Waals surface area contributed by atoms with Crippen molar-refractivity contribution in [2.45, 2.75) is 39.1 Å². The summed E-state index contributed by atoms with van der Waals surface area (Å²) in [5, 5.41) is 8.26. The zero-order valence-corrected chi connectivity index (χ0v) is 22.0. The van der Waals surface area contributed by atoms with Gasteiger partial charge in [-0.3, -0.25) is 9.36 Å². The summed E-state index contributed by atoms with van der Waals surface area (Å²) in [6.07, 6.45) is 13.4. The van der Waals surface area contributed by atoms with Gasteiger partial charge in [0.2, 0.25) is 0 Å². The predicted molar refractivity (Wildman–Crippen MR) is 130 cm³/mol. The molecule has 0 aromatic carbocycles. The fourth-order valence-corrected chi connectivity index (χ4v) is 3.89. The number of H-pyrrole nitrogens is 1. The van der Waals surface area contributed by atoms with Gasteiger partial charge in [0.1, 0.15) is 9.21 Å². The highest BCUT2D eigenvalue weighted by Crippen LogP contribution is 2.15. The molecule has 11 heteroatoms. The summed E-state index contributed by atoms with van der Waals surface area (Å²) in [6, 6.07) is 0. The first-order valence-electron chi connectivity index (χ1n) is 9.76. The van der Waals surface area contributed by atoms with Gasteiger partial charge in [0.25, 0.3) is 0 Å². The highest BCUT2D eigenvalue weighted by molar-refractivity contribution is 9.10. The summed E-state index contributed by atoms with van der Waals surface area (Å²) < 4.78 is 7.33. The second-order valence-electron chi connectivity index (χ2n) is 6.69. The zero-order chi connectivity index (χ0) is 22.8. The number of aryl methyl sites for hydroxylation is 4. The number of imidazole rings is 2. The van der Waals surface area contributed by atoms with Crippen molar-refractivity contribution < 1.29 is 0 Å². The minimum atomic E-state index is 0.508. The Morgan fingerprint density at radius 2 is 1.61 bits per heavy atom. The van der Waals surface area contributed by atoms with Crippen LogP contribution >= 0.6 is 43.5 Å². The van der Waals surface area contributed by atoms with Crippen LogP contribution in [0.4, 0.5) is 0 Å². The molecule has 0 saturated heterocycles. The number of hydrogen-bond donors (Lipinski definition) is 1. The molecule has 0 amide bonds. The average molecular weight is 575 g/mol. The summed E-state index contributed by atoms with van der Waals surface area (Å²) in [6.45, 7) is 5.00. The fourth-order valence-electron chi connectivity index (χ4n) is 2.57. The highest BCUT2D eigenvalue weighted by atomic mass is 79.9. The smallest absolute Gasteiger partial charge is 0.133 e. The molecule has 1 N–H and O–H groups in total. The van der Waals surface area contributed by atoms with E-state index in [0.717, 1.165) is 45.4 Å². The van der Waals surface area contributed by atoms with E-state index in [1.165, 1.54) is 5.69 Å². The third-order valence-corrected chi connectivity index (χ3v) is 5.81. The lowest BCUT2D eigenvalue weighted by Crippen LogP contribution is -1.95. The van der Waals surface area contributed by atoms with E-state index in [9.17, 15) is 0 Å². The number of halogens is 3. The molecule has 4 heterocycles. The molecule has 0 spiro atoms. The minimum Gasteiger partial charge on any atom is -0.349 e. The van der Waals surface area contributed by atoms with Gasteiger partial charge >= 0.3 is 0 Å². The Morgan fingerprint density at radius 1 is 0.968 bits per heavy atom. The average Bonchev–Trinajstić information content (AvgIpc) is 3.52. The third-order valence-electron chi connectivity index (χ3n) is 4.19. The van der Waals surface area contributed by atoms with Crippen LogP contribution in [0.2, 0.25) is 0 Å². The van der Waals surface area contributed by atoms with E-state index in [1.807, 2.05) is 39.0 Å². The lowest BCUT2D eigenvalue weighted by molar-refractivity contribution is 0.758. The molecule has 0 fully saturated rings. The molecule has 31 heavy (non-hydrogen) atoms. The van der Waals surface area contributed by atoms with Gasteiger partial charge < -0.3 is 9.55 Å². The van der Waals surface area contributed by atoms with Crippen molar-refractivity contribution in [3.63, 3.8) is 0 Å². The van der Waals surface area contributed by atoms with Crippen LogP contribution in [0.3, 0.4) is 0 Å². The molecule has 0 atom stereocenters. The molecule has 0 bridgehead atoms. The van der Waals surface area contributed by atoms with Gasteiger partial charge in [-0.15, -0.1) is 11.6 Å². The van der Waals surface area contributed by atoms with Crippen LogP contribution < -0.4 is 0 Å². The molecule has 0 saturated carbocycles. The summed E-state index contributed by atoms with van der Waals surface area (Å²) in [5.41, 5.74) is 4.51. The summed E-state index contributed by atoms with van der Waals surface area (Å²) >= 11 is 12.3. The maximum Gasteiger partial charge on any atom is 0.133 e. The first kappa shape index (κ1) is 25.4. The molecule has 0 radical (unpaired) electrons. The molecule has 0 aliphatic rings. The van der Waals surface area contributed by atoms with E-state index in [0.29, 0.717) is 5.88 Å². The minimum absolute atomic E-state index is 0.508. The van der Waals surface area contributed by atoms with Crippen LogP contribution in [0.25, 0.3) is 0 Å². The second-order valence-corrected chi connectivity index (χ2v) is 8.46. The standard InChI is InChI=1S/C10H13BrN4.C5H6BrClN2.C5H8N2/c1-3-9-6-15(7-12-9)5-8-4-14(2)13-10(8)11;1-9-3-4(2-7)5(6)8-9;1-2-5-3-6-4-7-5/h4,6-7H,3,5H2,1-2H3;3H,2H2,1H3;3-4H,2H2,1H3,(H,6,7). The van der Waals surface area contributed by atoms with Gasteiger partial charge in [-0.1, -0.05) is 13.8 Å². The Kier molecular flexibility index (Phi) is 10.5. The van der Waals surface area contributed by atoms with Gasteiger partial charge in [-0.05, 0) is 44.7 Å². The van der Waals surface area contributed by atoms with Crippen LogP contribution in [0.15, 0.2) is 46.6 Å². The maximum atomic E-state index is 5.56. The van der Waals surface area contributed by atoms with Crippen LogP contribution in [-0.4, -0.2) is 39.1 Å². The molecule has 168 valence electrons. The van der Waals surface area contributed by atoms with Crippen molar-refractivity contribution in [2.24, 2.45) is 14.1 Å². The van der Waals surface area contributed by atoms with Crippen LogP contribution in [0.5, 0.6) is 0 Å². The van der Waals surface area contributed by atoms with Gasteiger partial charge in [-0.2, -0.15) is 10.2 Å². The summed E-state index contributed by atoms with van der Waals surface area (Å²) in [5.74, 6) is 0.508. The molecule has 4 aromatic rings. The largest absolute Gasteiger partial charge is 0.349 e. The number of rotatable bonds is 5. The molecule has 4 rings (SSSR count). The van der Waals surface area contributed by atoms with Gasteiger partial charge in [0, 0.05) is 55.7 Å². The predicted octanol–water partition coefficient (Wildman–Crippen LogP) is 4.88. The van der Waals surface area contributed by atoms with E-state index >= 15 is 0 Å². The van der Waals surface area contributed by atoms with Crippen LogP contribution in [0, 0.1) is 0 Å². The maximum absolute atomic E-state index is 5.56. The van der Waals surface area contributed by atoms with E-state index in [-0.39, 0.29) is 0 Å². The van der Waals surface area contributed by atoms with Crippen molar-refractivity contribution in [2.75, 3.05) is 0 Å². The Morgan fingerprint density at radius 3 is 1.97 bits per heavy atom. The lowest BCUT2D eigenvalue weighted by Gasteiger charge is -1.98. The fraction of sp³-hybridized carbons (Fsp3) is 0.400. The van der Waals surface area contributed by atoms with E-state index < -0.39 is 0 Å². The first-order valence-corrected chi connectivity index (χ1v) is 11.9. The van der Waals surface area contributed by atoms with Gasteiger partial charge in [0.05, 0.1) is 30.8 Å². The first-order chi connectivity index (χ1) is 14.9. The Labute approximate surface area is 204 Å². The van der Waals surface area contributed by atoms with Crippen molar-refractivity contribution in [3.05, 3.63) is 69.2 Å². The Balaban J connectivity index is 0.000000181. The van der Waals surface area contributed by atoms with E-state index in [2.05, 4.69) is 81.6 Å². The number of aromatic amines is 1.